The highest BCUT2D eigenvalue weighted by atomic mass is 35.5. The molecule has 94 valence electrons. The molecule has 0 fully saturated rings. The third kappa shape index (κ3) is 2.97. The van der Waals surface area contributed by atoms with E-state index in [1.165, 1.54) is 24.3 Å². The molecule has 6 nitrogen and oxygen atoms in total. The van der Waals surface area contributed by atoms with E-state index in [4.69, 9.17) is 21.6 Å². The van der Waals surface area contributed by atoms with Gasteiger partial charge in [0.15, 0.2) is 0 Å². The van der Waals surface area contributed by atoms with Gasteiger partial charge in [-0.1, -0.05) is 11.6 Å². The van der Waals surface area contributed by atoms with Crippen LogP contribution < -0.4 is 4.74 Å². The lowest BCUT2D eigenvalue weighted by Gasteiger charge is -2.06. The molecule has 0 N–H and O–H groups in total. The van der Waals surface area contributed by atoms with Gasteiger partial charge in [0.1, 0.15) is 11.9 Å². The van der Waals surface area contributed by atoms with Crippen LogP contribution >= 0.6 is 11.6 Å². The fourth-order valence-corrected chi connectivity index (χ4v) is 1.53. The molecule has 2 aromatic rings. The molecule has 0 saturated heterocycles. The maximum atomic E-state index is 10.5. The molecule has 0 unspecified atom stereocenters. The van der Waals surface area contributed by atoms with Crippen LogP contribution in [0, 0.1) is 21.4 Å². The molecule has 0 aliphatic rings. The van der Waals surface area contributed by atoms with Crippen LogP contribution in [-0.4, -0.2) is 9.91 Å². The van der Waals surface area contributed by atoms with Crippen LogP contribution in [0.25, 0.3) is 0 Å². The first-order valence-corrected chi connectivity index (χ1v) is 5.46. The Bertz CT molecular complexity index is 665. The van der Waals surface area contributed by atoms with Crippen molar-refractivity contribution in [3.63, 3.8) is 0 Å². The van der Waals surface area contributed by atoms with E-state index in [1.54, 1.807) is 6.07 Å². The Kier molecular flexibility index (Phi) is 3.59. The summed E-state index contributed by atoms with van der Waals surface area (Å²) in [5, 5.41) is 19.4. The second-order valence-electron chi connectivity index (χ2n) is 3.47. The average Bonchev–Trinajstić information content (AvgIpc) is 2.41. The minimum atomic E-state index is -0.550. The monoisotopic (exact) mass is 275 g/mol. The largest absolute Gasteiger partial charge is 0.437 e. The summed E-state index contributed by atoms with van der Waals surface area (Å²) in [7, 11) is 0. The molecule has 2 rings (SSSR count). The van der Waals surface area contributed by atoms with E-state index >= 15 is 0 Å². The molecule has 1 aromatic heterocycles. The molecule has 0 aliphatic carbocycles. The molecule has 19 heavy (non-hydrogen) atoms. The molecule has 0 spiro atoms. The molecule has 1 aromatic carbocycles. The molecule has 0 radical (unpaired) electrons. The summed E-state index contributed by atoms with van der Waals surface area (Å²) in [4.78, 5) is 13.7. The van der Waals surface area contributed by atoms with Gasteiger partial charge in [-0.25, -0.2) is 4.98 Å². The van der Waals surface area contributed by atoms with Crippen LogP contribution in [-0.2, 0) is 0 Å². The van der Waals surface area contributed by atoms with Gasteiger partial charge in [-0.3, -0.25) is 10.1 Å². The summed E-state index contributed by atoms with van der Waals surface area (Å²) in [6.45, 7) is 0. The van der Waals surface area contributed by atoms with Gasteiger partial charge < -0.3 is 4.74 Å². The zero-order chi connectivity index (χ0) is 13.8. The molecular weight excluding hydrogens is 270 g/mol. The van der Waals surface area contributed by atoms with E-state index in [1.807, 2.05) is 6.07 Å². The Morgan fingerprint density at radius 3 is 2.68 bits per heavy atom. The van der Waals surface area contributed by atoms with E-state index in [2.05, 4.69) is 4.98 Å². The number of hydrogen-bond acceptors (Lipinski definition) is 5. The van der Waals surface area contributed by atoms with E-state index in [0.717, 1.165) is 6.20 Å². The number of aromatic nitrogens is 1. The molecule has 1 heterocycles. The molecule has 7 heteroatoms. The number of nitrogens with zero attached hydrogens (tertiary/aromatic N) is 3. The van der Waals surface area contributed by atoms with Gasteiger partial charge in [-0.15, -0.1) is 0 Å². The number of ether oxygens (including phenoxy) is 1. The number of hydrogen-bond donors (Lipinski definition) is 0. The predicted molar refractivity (Wildman–Crippen MR) is 67.1 cm³/mol. The second kappa shape index (κ2) is 5.33. The van der Waals surface area contributed by atoms with Crippen LogP contribution in [0.3, 0.4) is 0 Å². The fourth-order valence-electron chi connectivity index (χ4n) is 1.31. The minimum Gasteiger partial charge on any atom is -0.437 e. The van der Waals surface area contributed by atoms with Crippen LogP contribution in [0.15, 0.2) is 36.5 Å². The fraction of sp³-hybridized carbons (Fsp3) is 0. The van der Waals surface area contributed by atoms with E-state index in [0.29, 0.717) is 11.3 Å². The molecule has 0 amide bonds. The van der Waals surface area contributed by atoms with Gasteiger partial charge in [0.25, 0.3) is 5.69 Å². The van der Waals surface area contributed by atoms with Crippen molar-refractivity contribution in [3.05, 3.63) is 57.2 Å². The van der Waals surface area contributed by atoms with Crippen LogP contribution in [0.2, 0.25) is 5.02 Å². The number of rotatable bonds is 3. The molecule has 0 aliphatic heterocycles. The zero-order valence-corrected chi connectivity index (χ0v) is 10.2. The van der Waals surface area contributed by atoms with Crippen molar-refractivity contribution in [1.82, 2.24) is 4.98 Å². The number of nitriles is 1. The summed E-state index contributed by atoms with van der Waals surface area (Å²) in [6.07, 6.45) is 1.09. The van der Waals surface area contributed by atoms with Crippen molar-refractivity contribution < 1.29 is 9.66 Å². The first-order valence-electron chi connectivity index (χ1n) is 5.08. The quantitative estimate of drug-likeness (QED) is 0.633. The number of nitro groups is 1. The maximum Gasteiger partial charge on any atom is 0.287 e. The Hall–Kier alpha value is -2.65. The van der Waals surface area contributed by atoms with E-state index in [-0.39, 0.29) is 16.6 Å². The highest BCUT2D eigenvalue weighted by Crippen LogP contribution is 2.29. The third-order valence-electron chi connectivity index (χ3n) is 2.21. The summed E-state index contributed by atoms with van der Waals surface area (Å²) < 4.78 is 5.37. The van der Waals surface area contributed by atoms with Crippen molar-refractivity contribution in [2.75, 3.05) is 0 Å². The minimum absolute atomic E-state index is 0.127. The highest BCUT2D eigenvalue weighted by molar-refractivity contribution is 6.32. The van der Waals surface area contributed by atoms with E-state index < -0.39 is 4.92 Å². The molecule has 0 bridgehead atoms. The summed E-state index contributed by atoms with van der Waals surface area (Å²) in [5.41, 5.74) is 0.285. The van der Waals surface area contributed by atoms with Crippen molar-refractivity contribution in [2.45, 2.75) is 0 Å². The zero-order valence-electron chi connectivity index (χ0n) is 9.41. The van der Waals surface area contributed by atoms with Crippen molar-refractivity contribution >= 4 is 17.3 Å². The summed E-state index contributed by atoms with van der Waals surface area (Å²) in [6, 6.07) is 9.13. The molecule has 0 saturated carbocycles. The number of pyridine rings is 1. The second-order valence-corrected chi connectivity index (χ2v) is 3.88. The highest BCUT2D eigenvalue weighted by Gasteiger charge is 2.08. The van der Waals surface area contributed by atoms with Gasteiger partial charge in [-0.05, 0) is 18.2 Å². The SMILES string of the molecule is N#Cc1ccc(Oc2ccc([N+](=O)[O-])cn2)c(Cl)c1. The van der Waals surface area contributed by atoms with E-state index in [9.17, 15) is 10.1 Å². The van der Waals surface area contributed by atoms with Crippen molar-refractivity contribution in [3.8, 4) is 17.7 Å². The molecular formula is C12H6ClN3O3. The van der Waals surface area contributed by atoms with Gasteiger partial charge in [-0.2, -0.15) is 5.26 Å². The third-order valence-corrected chi connectivity index (χ3v) is 2.50. The van der Waals surface area contributed by atoms with Gasteiger partial charge in [0.2, 0.25) is 5.88 Å². The Morgan fingerprint density at radius 2 is 2.16 bits per heavy atom. The van der Waals surface area contributed by atoms with Gasteiger partial charge >= 0.3 is 0 Å². The first-order chi connectivity index (χ1) is 9.10. The smallest absolute Gasteiger partial charge is 0.287 e. The van der Waals surface area contributed by atoms with Crippen LogP contribution in [0.5, 0.6) is 11.6 Å². The topological polar surface area (TPSA) is 89.0 Å². The Labute approximate surface area is 113 Å². The Morgan fingerprint density at radius 1 is 1.37 bits per heavy atom. The standard InChI is InChI=1S/C12H6ClN3O3/c13-10-5-8(6-14)1-3-11(10)19-12-4-2-9(7-15-12)16(17)18/h1-5,7H. The Balaban J connectivity index is 2.22. The maximum absolute atomic E-state index is 10.5. The van der Waals surface area contributed by atoms with Gasteiger partial charge in [0, 0.05) is 12.1 Å². The molecule has 0 atom stereocenters. The summed E-state index contributed by atoms with van der Waals surface area (Å²) in [5.74, 6) is 0.499. The number of halogens is 1. The first kappa shape index (κ1) is 12.8. The van der Waals surface area contributed by atoms with Crippen molar-refractivity contribution in [2.24, 2.45) is 0 Å². The van der Waals surface area contributed by atoms with Crippen LogP contribution in [0.4, 0.5) is 5.69 Å². The van der Waals surface area contributed by atoms with Crippen molar-refractivity contribution in [1.29, 1.82) is 5.26 Å². The number of benzene rings is 1. The van der Waals surface area contributed by atoms with Gasteiger partial charge in [0.05, 0.1) is 21.6 Å². The summed E-state index contributed by atoms with van der Waals surface area (Å²) >= 11 is 5.93. The predicted octanol–water partition coefficient (Wildman–Crippen LogP) is 3.31. The lowest BCUT2D eigenvalue weighted by Crippen LogP contribution is -1.92. The normalized spacial score (nSPS) is 9.68. The lowest BCUT2D eigenvalue weighted by molar-refractivity contribution is -0.385. The lowest BCUT2D eigenvalue weighted by atomic mass is 10.2. The van der Waals surface area contributed by atoms with Crippen LogP contribution in [0.1, 0.15) is 5.56 Å². The average molecular weight is 276 g/mol.